The fourth-order valence-corrected chi connectivity index (χ4v) is 2.92. The quantitative estimate of drug-likeness (QED) is 0.561. The van der Waals surface area contributed by atoms with Crippen molar-refractivity contribution in [2.45, 2.75) is 25.0 Å². The van der Waals surface area contributed by atoms with Crippen LogP contribution >= 0.6 is 11.8 Å². The first kappa shape index (κ1) is 16.0. The van der Waals surface area contributed by atoms with E-state index in [-0.39, 0.29) is 23.5 Å². The van der Waals surface area contributed by atoms with Gasteiger partial charge >= 0.3 is 0 Å². The van der Waals surface area contributed by atoms with Crippen molar-refractivity contribution in [3.05, 3.63) is 29.8 Å². The number of para-hydroxylation sites is 1. The molecule has 0 fully saturated rings. The lowest BCUT2D eigenvalue weighted by atomic mass is 10.1. The number of aliphatic imine (C=N–C) groups is 2. The molecule has 116 valence electrons. The van der Waals surface area contributed by atoms with E-state index in [2.05, 4.69) is 15.3 Å². The smallest absolute Gasteiger partial charge is 0.262 e. The van der Waals surface area contributed by atoms with E-state index in [0.717, 1.165) is 29.4 Å². The number of carbonyl (C=O) groups excluding carboxylic acids is 2. The summed E-state index contributed by atoms with van der Waals surface area (Å²) < 4.78 is 0. The maximum Gasteiger partial charge on any atom is 0.262 e. The Kier molecular flexibility index (Phi) is 5.16. The Hall–Kier alpha value is -2.35. The van der Waals surface area contributed by atoms with Crippen LogP contribution in [0.3, 0.4) is 0 Å². The molecule has 7 nitrogen and oxygen atoms in total. The van der Waals surface area contributed by atoms with E-state index in [1.54, 1.807) is 0 Å². The highest BCUT2D eigenvalue weighted by molar-refractivity contribution is 8.15. The molecular weight excluding hydrogens is 302 g/mol. The molecular formula is C14H17N5O2S. The second kappa shape index (κ2) is 7.08. The van der Waals surface area contributed by atoms with Crippen molar-refractivity contribution in [2.24, 2.45) is 21.5 Å². The molecule has 1 aromatic rings. The SMILES string of the molecule is CCc1ccccc1NC(=O)C[C@H]1SC(N=C(N)N)=NC1=O. The zero-order chi connectivity index (χ0) is 16.1. The molecule has 0 radical (unpaired) electrons. The number of anilines is 1. The minimum atomic E-state index is -0.591. The molecule has 1 heterocycles. The number of guanidine groups is 1. The average molecular weight is 319 g/mol. The molecule has 1 aliphatic heterocycles. The van der Waals surface area contributed by atoms with E-state index >= 15 is 0 Å². The lowest BCUT2D eigenvalue weighted by Gasteiger charge is -2.11. The number of carbonyl (C=O) groups is 2. The first-order chi connectivity index (χ1) is 10.5. The van der Waals surface area contributed by atoms with Crippen LogP contribution in [0.5, 0.6) is 0 Å². The van der Waals surface area contributed by atoms with Crippen LogP contribution in [0.25, 0.3) is 0 Å². The van der Waals surface area contributed by atoms with Gasteiger partial charge in [-0.1, -0.05) is 36.9 Å². The third-order valence-electron chi connectivity index (χ3n) is 3.00. The van der Waals surface area contributed by atoms with Gasteiger partial charge in [-0.3, -0.25) is 9.59 Å². The number of nitrogens with one attached hydrogen (secondary N) is 1. The van der Waals surface area contributed by atoms with Crippen molar-refractivity contribution in [3.63, 3.8) is 0 Å². The summed E-state index contributed by atoms with van der Waals surface area (Å²) in [6.45, 7) is 2.01. The van der Waals surface area contributed by atoms with Gasteiger partial charge in [-0.2, -0.15) is 9.98 Å². The third-order valence-corrected chi connectivity index (χ3v) is 4.04. The number of nitrogens with two attached hydrogens (primary N) is 2. The summed E-state index contributed by atoms with van der Waals surface area (Å²) in [4.78, 5) is 31.3. The molecule has 0 aliphatic carbocycles. The van der Waals surface area contributed by atoms with Gasteiger partial charge in [-0.05, 0) is 18.1 Å². The number of hydrogen-bond acceptors (Lipinski definition) is 4. The number of aryl methyl sites for hydroxylation is 1. The summed E-state index contributed by atoms with van der Waals surface area (Å²) >= 11 is 1.09. The van der Waals surface area contributed by atoms with E-state index in [1.165, 1.54) is 0 Å². The van der Waals surface area contributed by atoms with Gasteiger partial charge in [0, 0.05) is 12.1 Å². The fourth-order valence-electron chi connectivity index (χ4n) is 1.98. The van der Waals surface area contributed by atoms with Crippen LogP contribution in [0.15, 0.2) is 34.3 Å². The Morgan fingerprint density at radius 3 is 2.82 bits per heavy atom. The number of nitrogens with zero attached hydrogens (tertiary/aromatic N) is 2. The predicted molar refractivity (Wildman–Crippen MR) is 88.7 cm³/mol. The number of rotatable bonds is 4. The van der Waals surface area contributed by atoms with Crippen molar-refractivity contribution in [1.82, 2.24) is 0 Å². The van der Waals surface area contributed by atoms with Crippen LogP contribution < -0.4 is 16.8 Å². The first-order valence-corrected chi connectivity index (χ1v) is 7.64. The van der Waals surface area contributed by atoms with Crippen LogP contribution in [-0.2, 0) is 16.0 Å². The molecule has 0 saturated heterocycles. The van der Waals surface area contributed by atoms with Crippen LogP contribution in [0.1, 0.15) is 18.9 Å². The third kappa shape index (κ3) is 4.08. The summed E-state index contributed by atoms with van der Waals surface area (Å²) in [5, 5.41) is 2.42. The molecule has 0 unspecified atom stereocenters. The molecule has 0 bridgehead atoms. The number of amides is 2. The van der Waals surface area contributed by atoms with Gasteiger partial charge in [0.25, 0.3) is 5.91 Å². The Labute approximate surface area is 132 Å². The van der Waals surface area contributed by atoms with Gasteiger partial charge in [-0.15, -0.1) is 0 Å². The number of hydrogen-bond donors (Lipinski definition) is 3. The van der Waals surface area contributed by atoms with Gasteiger partial charge in [0.15, 0.2) is 11.1 Å². The topological polar surface area (TPSA) is 123 Å². The van der Waals surface area contributed by atoms with E-state index in [1.807, 2.05) is 31.2 Å². The van der Waals surface area contributed by atoms with Crippen LogP contribution in [-0.4, -0.2) is 28.2 Å². The van der Waals surface area contributed by atoms with Gasteiger partial charge in [-0.25, -0.2) is 0 Å². The predicted octanol–water partition coefficient (Wildman–Crippen LogP) is 0.849. The summed E-state index contributed by atoms with van der Waals surface area (Å²) in [6.07, 6.45) is 0.833. The van der Waals surface area contributed by atoms with E-state index in [4.69, 9.17) is 11.5 Å². The summed E-state index contributed by atoms with van der Waals surface area (Å²) in [5.41, 5.74) is 12.3. The molecule has 0 spiro atoms. The van der Waals surface area contributed by atoms with Gasteiger partial charge in [0.1, 0.15) is 5.25 Å². The van der Waals surface area contributed by atoms with E-state index < -0.39 is 11.2 Å². The van der Waals surface area contributed by atoms with Crippen molar-refractivity contribution >= 4 is 40.4 Å². The summed E-state index contributed by atoms with van der Waals surface area (Å²) in [6, 6.07) is 7.55. The molecule has 8 heteroatoms. The maximum atomic E-state index is 12.1. The molecule has 22 heavy (non-hydrogen) atoms. The van der Waals surface area contributed by atoms with Crippen molar-refractivity contribution in [3.8, 4) is 0 Å². The Morgan fingerprint density at radius 1 is 1.41 bits per heavy atom. The second-order valence-electron chi connectivity index (χ2n) is 4.64. The Bertz CT molecular complexity index is 652. The molecule has 0 saturated carbocycles. The lowest BCUT2D eigenvalue weighted by molar-refractivity contribution is -0.121. The normalized spacial score (nSPS) is 17.0. The van der Waals surface area contributed by atoms with Crippen LogP contribution in [0, 0.1) is 0 Å². The zero-order valence-corrected chi connectivity index (χ0v) is 12.9. The highest BCUT2D eigenvalue weighted by Crippen LogP contribution is 2.26. The highest BCUT2D eigenvalue weighted by atomic mass is 32.2. The molecule has 2 rings (SSSR count). The monoisotopic (exact) mass is 319 g/mol. The minimum absolute atomic E-state index is 0.0224. The van der Waals surface area contributed by atoms with Crippen LogP contribution in [0.2, 0.25) is 0 Å². The van der Waals surface area contributed by atoms with Crippen LogP contribution in [0.4, 0.5) is 5.69 Å². The molecule has 0 aromatic heterocycles. The molecule has 1 aliphatic rings. The van der Waals surface area contributed by atoms with E-state index in [0.29, 0.717) is 0 Å². The van der Waals surface area contributed by atoms with Crippen molar-refractivity contribution in [2.75, 3.05) is 5.32 Å². The van der Waals surface area contributed by atoms with Gasteiger partial charge < -0.3 is 16.8 Å². The largest absolute Gasteiger partial charge is 0.370 e. The number of amidine groups is 1. The van der Waals surface area contributed by atoms with Gasteiger partial charge in [0.05, 0.1) is 0 Å². The average Bonchev–Trinajstić information content (AvgIpc) is 2.78. The first-order valence-electron chi connectivity index (χ1n) is 6.76. The number of benzene rings is 1. The number of thioether (sulfide) groups is 1. The standard InChI is InChI=1S/C14H17N5O2S/c1-2-8-5-3-4-6-9(8)17-11(20)7-10-12(21)18-14(22-10)19-13(15)16/h3-6,10H,2,7H2,1H3,(H,17,20)(H4,15,16,18,19,21)/t10-/m1/s1. The lowest BCUT2D eigenvalue weighted by Crippen LogP contribution is -2.23. The minimum Gasteiger partial charge on any atom is -0.370 e. The Balaban J connectivity index is 1.96. The van der Waals surface area contributed by atoms with Crippen molar-refractivity contribution in [1.29, 1.82) is 0 Å². The van der Waals surface area contributed by atoms with Gasteiger partial charge in [0.2, 0.25) is 5.91 Å². The second-order valence-corrected chi connectivity index (χ2v) is 5.81. The summed E-state index contributed by atoms with van der Waals surface area (Å²) in [7, 11) is 0. The molecule has 2 amide bonds. The Morgan fingerprint density at radius 2 is 2.14 bits per heavy atom. The molecule has 5 N–H and O–H groups in total. The maximum absolute atomic E-state index is 12.1. The molecule has 1 aromatic carbocycles. The van der Waals surface area contributed by atoms with E-state index in [9.17, 15) is 9.59 Å². The fraction of sp³-hybridized carbons (Fsp3) is 0.286. The summed E-state index contributed by atoms with van der Waals surface area (Å²) in [5.74, 6) is -0.808. The van der Waals surface area contributed by atoms with Crippen molar-refractivity contribution < 1.29 is 9.59 Å². The zero-order valence-electron chi connectivity index (χ0n) is 12.1. The molecule has 1 atom stereocenters. The highest BCUT2D eigenvalue weighted by Gasteiger charge is 2.30.